The first-order valence-corrected chi connectivity index (χ1v) is 2.01. The van der Waals surface area contributed by atoms with Gasteiger partial charge < -0.3 is 0 Å². The van der Waals surface area contributed by atoms with Crippen LogP contribution in [0, 0.1) is 18.3 Å². The van der Waals surface area contributed by atoms with E-state index in [9.17, 15) is 13.2 Å². The Morgan fingerprint density at radius 2 is 1.88 bits per heavy atom. The number of hydrogen-bond acceptors (Lipinski definition) is 0. The van der Waals surface area contributed by atoms with Crippen molar-refractivity contribution in [2.45, 2.75) is 13.1 Å². The summed E-state index contributed by atoms with van der Waals surface area (Å²) in [6.07, 6.45) is 0.261. The highest BCUT2D eigenvalue weighted by Gasteiger charge is 2.34. The summed E-state index contributed by atoms with van der Waals surface area (Å²) < 4.78 is 33.9. The Labute approximate surface area is 45.7 Å². The molecule has 0 N–H and O–H groups in total. The lowest BCUT2D eigenvalue weighted by molar-refractivity contribution is -0.153. The maximum absolute atomic E-state index is 11.3. The molecule has 0 amide bonds. The molecule has 0 fully saturated rings. The molecule has 0 saturated heterocycles. The van der Waals surface area contributed by atoms with Crippen LogP contribution in [0.5, 0.6) is 0 Å². The fourth-order valence-corrected chi connectivity index (χ4v) is 0.0945. The van der Waals surface area contributed by atoms with Gasteiger partial charge in [-0.1, -0.05) is 5.92 Å². The van der Waals surface area contributed by atoms with Gasteiger partial charge in [-0.2, -0.15) is 13.2 Å². The summed E-state index contributed by atoms with van der Waals surface area (Å²) in [5.41, 5.74) is 0. The number of terminal acetylenes is 1. The molecule has 8 heavy (non-hydrogen) atoms. The Balaban J connectivity index is 3.87. The highest BCUT2D eigenvalue weighted by Crippen LogP contribution is 2.24. The third-order valence-electron chi connectivity index (χ3n) is 0.741. The molecule has 0 saturated carbocycles. The third-order valence-corrected chi connectivity index (χ3v) is 0.741. The van der Waals surface area contributed by atoms with Crippen molar-refractivity contribution < 1.29 is 13.2 Å². The van der Waals surface area contributed by atoms with E-state index in [2.05, 4.69) is 6.42 Å². The molecule has 0 aliphatic rings. The van der Waals surface area contributed by atoms with Gasteiger partial charge in [-0.15, -0.1) is 6.42 Å². The van der Waals surface area contributed by atoms with Crippen LogP contribution in [0.15, 0.2) is 0 Å². The van der Waals surface area contributed by atoms with Crippen LogP contribution in [0.25, 0.3) is 0 Å². The van der Waals surface area contributed by atoms with Crippen molar-refractivity contribution >= 4 is 0 Å². The van der Waals surface area contributed by atoms with Crippen molar-refractivity contribution in [1.29, 1.82) is 0 Å². The van der Waals surface area contributed by atoms with Crippen LogP contribution in [-0.2, 0) is 0 Å². The minimum Gasteiger partial charge on any atom is -0.170 e. The Hall–Kier alpha value is -0.650. The number of alkyl halides is 3. The molecule has 0 radical (unpaired) electrons. The molecule has 0 bridgehead atoms. The van der Waals surface area contributed by atoms with E-state index >= 15 is 0 Å². The normalized spacial score (nSPS) is 14.9. The van der Waals surface area contributed by atoms with Gasteiger partial charge in [-0.3, -0.25) is 0 Å². The van der Waals surface area contributed by atoms with Gasteiger partial charge in [0.05, 0.1) is 0 Å². The topological polar surface area (TPSA) is 0 Å². The lowest BCUT2D eigenvalue weighted by Crippen LogP contribution is -2.17. The van der Waals surface area contributed by atoms with Gasteiger partial charge in [0, 0.05) is 0 Å². The highest BCUT2D eigenvalue weighted by molar-refractivity contribution is 4.93. The highest BCUT2D eigenvalue weighted by atomic mass is 19.4. The van der Waals surface area contributed by atoms with E-state index in [4.69, 9.17) is 0 Å². The summed E-state index contributed by atoms with van der Waals surface area (Å²) >= 11 is 0. The molecule has 0 rings (SSSR count). The van der Waals surface area contributed by atoms with Crippen LogP contribution < -0.4 is 0 Å². The quantitative estimate of drug-likeness (QED) is 0.430. The van der Waals surface area contributed by atoms with Gasteiger partial charge in [0.1, 0.15) is 5.92 Å². The zero-order valence-electron chi connectivity index (χ0n) is 4.29. The largest absolute Gasteiger partial charge is 0.402 e. The first kappa shape index (κ1) is 7.35. The van der Waals surface area contributed by atoms with E-state index in [1.807, 2.05) is 0 Å². The first-order valence-electron chi connectivity index (χ1n) is 2.01. The lowest BCUT2D eigenvalue weighted by Gasteiger charge is -2.06. The standard InChI is InChI=1S/C5H5F3/c1-3-4(2)5(6,7)8/h1,4H,2H3/t4-/m1/s1. The first-order chi connectivity index (χ1) is 3.48. The van der Waals surface area contributed by atoms with E-state index in [-0.39, 0.29) is 0 Å². The molecule has 0 aromatic rings. The van der Waals surface area contributed by atoms with Gasteiger partial charge in [-0.25, -0.2) is 0 Å². The van der Waals surface area contributed by atoms with Crippen molar-refractivity contribution in [2.75, 3.05) is 0 Å². The van der Waals surface area contributed by atoms with Crippen LogP contribution in [0.3, 0.4) is 0 Å². The summed E-state index contributed by atoms with van der Waals surface area (Å²) in [6, 6.07) is 0. The summed E-state index contributed by atoms with van der Waals surface area (Å²) in [4.78, 5) is 0. The summed E-state index contributed by atoms with van der Waals surface area (Å²) in [5, 5.41) is 0. The Morgan fingerprint density at radius 3 is 1.88 bits per heavy atom. The SMILES string of the molecule is C#C[C@@H](C)C(F)(F)F. The van der Waals surface area contributed by atoms with Crippen LogP contribution in [0.2, 0.25) is 0 Å². The molecular weight excluding hydrogens is 117 g/mol. The van der Waals surface area contributed by atoms with Gasteiger partial charge in [-0.05, 0) is 6.92 Å². The van der Waals surface area contributed by atoms with Crippen LogP contribution in [0.4, 0.5) is 13.2 Å². The molecule has 0 aromatic heterocycles. The predicted molar refractivity (Wildman–Crippen MR) is 24.1 cm³/mol. The average Bonchev–Trinajstić information content (AvgIpc) is 1.62. The fraction of sp³-hybridized carbons (Fsp3) is 0.600. The Morgan fingerprint density at radius 1 is 1.50 bits per heavy atom. The maximum Gasteiger partial charge on any atom is 0.402 e. The van der Waals surface area contributed by atoms with Crippen LogP contribution >= 0.6 is 0 Å². The molecule has 0 unspecified atom stereocenters. The van der Waals surface area contributed by atoms with Gasteiger partial charge in [0.25, 0.3) is 0 Å². The Bertz CT molecular complexity index is 106. The minimum absolute atomic E-state index is 0.944. The number of rotatable bonds is 0. The van der Waals surface area contributed by atoms with Crippen molar-refractivity contribution in [3.8, 4) is 12.3 Å². The zero-order valence-corrected chi connectivity index (χ0v) is 4.29. The molecule has 0 nitrogen and oxygen atoms in total. The van der Waals surface area contributed by atoms with E-state index in [1.165, 1.54) is 0 Å². The summed E-state index contributed by atoms with van der Waals surface area (Å²) in [6.45, 7) is 0.944. The monoisotopic (exact) mass is 122 g/mol. The molecule has 46 valence electrons. The third kappa shape index (κ3) is 1.87. The van der Waals surface area contributed by atoms with Crippen LogP contribution in [-0.4, -0.2) is 6.18 Å². The van der Waals surface area contributed by atoms with E-state index in [0.717, 1.165) is 6.92 Å². The summed E-state index contributed by atoms with van der Waals surface area (Å²) in [5.74, 6) is -0.0428. The molecule has 1 atom stereocenters. The van der Waals surface area contributed by atoms with Gasteiger partial charge in [0.2, 0.25) is 0 Å². The minimum atomic E-state index is -4.23. The van der Waals surface area contributed by atoms with Gasteiger partial charge in [0.15, 0.2) is 0 Å². The second-order valence-corrected chi connectivity index (χ2v) is 1.43. The number of hydrogen-bond donors (Lipinski definition) is 0. The summed E-state index contributed by atoms with van der Waals surface area (Å²) in [7, 11) is 0. The fourth-order valence-electron chi connectivity index (χ4n) is 0.0945. The molecule has 0 aromatic carbocycles. The van der Waals surface area contributed by atoms with Crippen molar-refractivity contribution in [2.24, 2.45) is 5.92 Å². The average molecular weight is 122 g/mol. The molecule has 0 heterocycles. The molecule has 3 heteroatoms. The van der Waals surface area contributed by atoms with Gasteiger partial charge >= 0.3 is 6.18 Å². The predicted octanol–water partition coefficient (Wildman–Crippen LogP) is 1.82. The second kappa shape index (κ2) is 2.08. The Kier molecular flexibility index (Phi) is 1.91. The molecule has 0 aliphatic carbocycles. The molecular formula is C5H5F3. The zero-order chi connectivity index (χ0) is 6.78. The van der Waals surface area contributed by atoms with E-state index in [0.29, 0.717) is 0 Å². The smallest absolute Gasteiger partial charge is 0.170 e. The van der Waals surface area contributed by atoms with Crippen molar-refractivity contribution in [3.63, 3.8) is 0 Å². The van der Waals surface area contributed by atoms with Crippen molar-refractivity contribution in [1.82, 2.24) is 0 Å². The lowest BCUT2D eigenvalue weighted by atomic mass is 10.2. The number of halogens is 3. The molecule has 0 aliphatic heterocycles. The van der Waals surface area contributed by atoms with Crippen LogP contribution in [0.1, 0.15) is 6.92 Å². The van der Waals surface area contributed by atoms with E-state index in [1.54, 1.807) is 5.92 Å². The maximum atomic E-state index is 11.3. The molecule has 0 spiro atoms. The van der Waals surface area contributed by atoms with Crippen molar-refractivity contribution in [3.05, 3.63) is 0 Å². The van der Waals surface area contributed by atoms with E-state index < -0.39 is 12.1 Å². The second-order valence-electron chi connectivity index (χ2n) is 1.43.